The number of para-hydroxylation sites is 1. The normalized spacial score (nSPS) is 11.5. The van der Waals surface area contributed by atoms with E-state index in [0.717, 1.165) is 5.56 Å². The van der Waals surface area contributed by atoms with E-state index >= 15 is 0 Å². The summed E-state index contributed by atoms with van der Waals surface area (Å²) in [7, 11) is -2.24. The molecule has 0 radical (unpaired) electrons. The van der Waals surface area contributed by atoms with Gasteiger partial charge in [-0.1, -0.05) is 30.3 Å². The van der Waals surface area contributed by atoms with Gasteiger partial charge in [0.1, 0.15) is 0 Å². The minimum absolute atomic E-state index is 0.0248. The first-order valence-corrected chi connectivity index (χ1v) is 11.9. The molecule has 0 aliphatic heterocycles. The van der Waals surface area contributed by atoms with Crippen molar-refractivity contribution >= 4 is 33.2 Å². The van der Waals surface area contributed by atoms with Crippen LogP contribution in [-0.2, 0) is 10.0 Å². The Labute approximate surface area is 194 Å². The third-order valence-electron chi connectivity index (χ3n) is 5.20. The largest absolute Gasteiger partial charge is 0.322 e. The molecule has 172 valence electrons. The highest BCUT2D eigenvalue weighted by Crippen LogP contribution is 2.21. The Hall–Kier alpha value is -3.49. The molecule has 0 bridgehead atoms. The molecule has 3 aromatic carbocycles. The lowest BCUT2D eigenvalue weighted by Crippen LogP contribution is -2.33. The maximum absolute atomic E-state index is 12.9. The topological polar surface area (TPSA) is 95.6 Å². The van der Waals surface area contributed by atoms with E-state index in [4.69, 9.17) is 0 Å². The number of aryl methyl sites for hydroxylation is 1. The summed E-state index contributed by atoms with van der Waals surface area (Å²) in [4.78, 5) is 25.8. The van der Waals surface area contributed by atoms with Crippen LogP contribution in [0.2, 0.25) is 0 Å². The van der Waals surface area contributed by atoms with Crippen LogP contribution >= 0.6 is 0 Å². The second-order valence-corrected chi connectivity index (χ2v) is 9.96. The second-order valence-electron chi connectivity index (χ2n) is 7.97. The van der Waals surface area contributed by atoms with Gasteiger partial charge in [0, 0.05) is 24.3 Å². The van der Waals surface area contributed by atoms with Crippen molar-refractivity contribution in [2.45, 2.75) is 31.7 Å². The summed E-state index contributed by atoms with van der Waals surface area (Å²) in [5.41, 5.74) is 2.43. The second kappa shape index (κ2) is 9.97. The number of carbonyl (C=O) groups excluding carboxylic acids is 2. The molecule has 3 rings (SSSR count). The lowest BCUT2D eigenvalue weighted by molar-refractivity contribution is 0.102. The molecule has 0 aromatic heterocycles. The van der Waals surface area contributed by atoms with Crippen LogP contribution in [0, 0.1) is 6.92 Å². The number of anilines is 2. The number of benzene rings is 3. The molecule has 33 heavy (non-hydrogen) atoms. The predicted octanol–water partition coefficient (Wildman–Crippen LogP) is 4.53. The van der Waals surface area contributed by atoms with Gasteiger partial charge in [-0.15, -0.1) is 0 Å². The summed E-state index contributed by atoms with van der Waals surface area (Å²) < 4.78 is 26.8. The van der Waals surface area contributed by atoms with Gasteiger partial charge in [-0.25, -0.2) is 8.42 Å². The molecule has 0 aliphatic carbocycles. The van der Waals surface area contributed by atoms with Crippen LogP contribution in [0.1, 0.15) is 40.1 Å². The zero-order valence-electron chi connectivity index (χ0n) is 19.0. The monoisotopic (exact) mass is 465 g/mol. The Morgan fingerprint density at radius 1 is 0.848 bits per heavy atom. The highest BCUT2D eigenvalue weighted by molar-refractivity contribution is 7.89. The van der Waals surface area contributed by atoms with Gasteiger partial charge in [-0.3, -0.25) is 9.59 Å². The maximum atomic E-state index is 12.9. The SMILES string of the molecule is Cc1cccc(NC(=O)c2ccccc2NC(=O)c2cccc(S(=O)(=O)N(C)C(C)C)c2)c1. The first kappa shape index (κ1) is 24.2. The molecule has 8 heteroatoms. The Morgan fingerprint density at radius 2 is 1.55 bits per heavy atom. The van der Waals surface area contributed by atoms with Crippen LogP contribution in [0.3, 0.4) is 0 Å². The average molecular weight is 466 g/mol. The lowest BCUT2D eigenvalue weighted by Gasteiger charge is -2.21. The molecule has 0 spiro atoms. The molecular weight excluding hydrogens is 438 g/mol. The van der Waals surface area contributed by atoms with E-state index in [-0.39, 0.29) is 28.0 Å². The van der Waals surface area contributed by atoms with Crippen LogP contribution in [0.25, 0.3) is 0 Å². The zero-order chi connectivity index (χ0) is 24.2. The van der Waals surface area contributed by atoms with Crippen molar-refractivity contribution in [2.75, 3.05) is 17.7 Å². The minimum Gasteiger partial charge on any atom is -0.322 e. The van der Waals surface area contributed by atoms with E-state index < -0.39 is 15.9 Å². The van der Waals surface area contributed by atoms with E-state index in [9.17, 15) is 18.0 Å². The molecule has 0 aliphatic rings. The molecule has 2 amide bonds. The maximum Gasteiger partial charge on any atom is 0.257 e. The predicted molar refractivity (Wildman–Crippen MR) is 130 cm³/mol. The number of amides is 2. The van der Waals surface area contributed by atoms with E-state index in [1.165, 1.54) is 35.6 Å². The summed E-state index contributed by atoms with van der Waals surface area (Å²) in [6.45, 7) is 5.47. The fraction of sp³-hybridized carbons (Fsp3) is 0.200. The Balaban J connectivity index is 1.84. The molecule has 2 N–H and O–H groups in total. The summed E-state index contributed by atoms with van der Waals surface area (Å²) in [5.74, 6) is -0.888. The first-order chi connectivity index (χ1) is 15.6. The van der Waals surface area contributed by atoms with Crippen molar-refractivity contribution in [1.82, 2.24) is 4.31 Å². The third-order valence-corrected chi connectivity index (χ3v) is 7.23. The third kappa shape index (κ3) is 5.66. The minimum atomic E-state index is -3.74. The van der Waals surface area contributed by atoms with Crippen LogP contribution < -0.4 is 10.6 Å². The summed E-state index contributed by atoms with van der Waals surface area (Å²) in [6, 6.07) is 19.6. The van der Waals surface area contributed by atoms with Crippen LogP contribution in [0.5, 0.6) is 0 Å². The van der Waals surface area contributed by atoms with Gasteiger partial charge >= 0.3 is 0 Å². The van der Waals surface area contributed by atoms with Gasteiger partial charge in [0.2, 0.25) is 10.0 Å². The molecular formula is C25H27N3O4S. The quantitative estimate of drug-likeness (QED) is 0.536. The first-order valence-electron chi connectivity index (χ1n) is 10.5. The number of nitrogens with zero attached hydrogens (tertiary/aromatic N) is 1. The number of sulfonamides is 1. The molecule has 0 fully saturated rings. The molecule has 7 nitrogen and oxygen atoms in total. The van der Waals surface area contributed by atoms with Crippen molar-refractivity contribution in [3.63, 3.8) is 0 Å². The van der Waals surface area contributed by atoms with Gasteiger partial charge in [0.25, 0.3) is 11.8 Å². The summed E-state index contributed by atoms with van der Waals surface area (Å²) in [5, 5.41) is 5.56. The number of hydrogen-bond donors (Lipinski definition) is 2. The summed E-state index contributed by atoms with van der Waals surface area (Å²) in [6.07, 6.45) is 0. The van der Waals surface area contributed by atoms with Crippen molar-refractivity contribution in [2.24, 2.45) is 0 Å². The molecule has 0 atom stereocenters. The molecule has 0 unspecified atom stereocenters. The van der Waals surface area contributed by atoms with E-state index in [0.29, 0.717) is 11.4 Å². The van der Waals surface area contributed by atoms with Gasteiger partial charge in [0.15, 0.2) is 0 Å². The van der Waals surface area contributed by atoms with Gasteiger partial charge in [0.05, 0.1) is 16.1 Å². The number of rotatable bonds is 7. The molecule has 0 saturated heterocycles. The summed E-state index contributed by atoms with van der Waals surface area (Å²) >= 11 is 0. The van der Waals surface area contributed by atoms with Crippen molar-refractivity contribution in [3.05, 3.63) is 89.5 Å². The lowest BCUT2D eigenvalue weighted by atomic mass is 10.1. The number of nitrogens with one attached hydrogen (secondary N) is 2. The van der Waals surface area contributed by atoms with Crippen molar-refractivity contribution < 1.29 is 18.0 Å². The smallest absolute Gasteiger partial charge is 0.257 e. The fourth-order valence-electron chi connectivity index (χ4n) is 3.15. The molecule has 0 heterocycles. The molecule has 0 saturated carbocycles. The Bertz CT molecular complexity index is 1290. The average Bonchev–Trinajstić information content (AvgIpc) is 2.78. The van der Waals surface area contributed by atoms with Gasteiger partial charge < -0.3 is 10.6 Å². The van der Waals surface area contributed by atoms with Gasteiger partial charge in [-0.2, -0.15) is 4.31 Å². The zero-order valence-corrected chi connectivity index (χ0v) is 19.8. The van der Waals surface area contributed by atoms with Crippen molar-refractivity contribution in [3.8, 4) is 0 Å². The Kier molecular flexibility index (Phi) is 7.30. The number of carbonyl (C=O) groups is 2. The van der Waals surface area contributed by atoms with Crippen LogP contribution in [0.4, 0.5) is 11.4 Å². The van der Waals surface area contributed by atoms with E-state index in [1.54, 1.807) is 44.2 Å². The van der Waals surface area contributed by atoms with Crippen LogP contribution in [0.15, 0.2) is 77.7 Å². The van der Waals surface area contributed by atoms with Gasteiger partial charge in [-0.05, 0) is 68.8 Å². The highest BCUT2D eigenvalue weighted by atomic mass is 32.2. The van der Waals surface area contributed by atoms with E-state index in [2.05, 4.69) is 10.6 Å². The number of hydrogen-bond acceptors (Lipinski definition) is 4. The van der Waals surface area contributed by atoms with E-state index in [1.807, 2.05) is 25.1 Å². The highest BCUT2D eigenvalue weighted by Gasteiger charge is 2.24. The standard InChI is InChI=1S/C25H27N3O4S/c1-17(2)28(4)33(31,32)21-12-8-10-19(16-21)24(29)27-23-14-6-5-13-22(23)25(30)26-20-11-7-9-18(3)15-20/h5-17H,1-4H3,(H,26,30)(H,27,29). The fourth-order valence-corrected chi connectivity index (χ4v) is 4.56. The molecule has 3 aromatic rings. The van der Waals surface area contributed by atoms with Crippen LogP contribution in [-0.4, -0.2) is 37.6 Å². The van der Waals surface area contributed by atoms with Crippen molar-refractivity contribution in [1.29, 1.82) is 0 Å². The Morgan fingerprint density at radius 3 is 2.24 bits per heavy atom.